The Labute approximate surface area is 194 Å². The van der Waals surface area contributed by atoms with E-state index in [9.17, 15) is 0 Å². The predicted octanol–water partition coefficient (Wildman–Crippen LogP) is 8.59. The van der Waals surface area contributed by atoms with Gasteiger partial charge < -0.3 is 0 Å². The first-order valence-corrected chi connectivity index (χ1v) is 12.6. The van der Waals surface area contributed by atoms with Crippen molar-refractivity contribution in [2.75, 3.05) is 0 Å². The van der Waals surface area contributed by atoms with Crippen LogP contribution in [0.4, 0.5) is 0 Å². The second kappa shape index (κ2) is 9.10. The molecule has 1 saturated carbocycles. The first-order valence-electron chi connectivity index (χ1n) is 12.6. The molecule has 0 heteroatoms. The van der Waals surface area contributed by atoms with Crippen LogP contribution in [0.1, 0.15) is 78.3 Å². The molecule has 3 aliphatic carbocycles. The molecule has 0 saturated heterocycles. The molecule has 1 fully saturated rings. The third-order valence-corrected chi connectivity index (χ3v) is 7.91. The Hall–Kier alpha value is -2.60. The van der Waals surface area contributed by atoms with Crippen LogP contribution in [0.15, 0.2) is 77.9 Å². The zero-order valence-electron chi connectivity index (χ0n) is 20.0. The molecule has 1 unspecified atom stereocenters. The maximum absolute atomic E-state index is 2.45. The lowest BCUT2D eigenvalue weighted by atomic mass is 9.78. The standard InChI is InChI=1S/C32H36/c1-4-25-14-15-27(20-22(25)2)31-18-16-28(30-11-8-12-32(30)31)21-24-13-17-29(23(3)19-24)26-9-6-5-7-10-26/h8,11-20,26,32H,4-7,9-10,21H2,1-3H3. The highest BCUT2D eigenvalue weighted by atomic mass is 14.3. The van der Waals surface area contributed by atoms with Gasteiger partial charge in [-0.25, -0.2) is 0 Å². The Bertz CT molecular complexity index is 1130. The molecular formula is C32H36. The van der Waals surface area contributed by atoms with Gasteiger partial charge in [0.25, 0.3) is 0 Å². The lowest BCUT2D eigenvalue weighted by Gasteiger charge is -2.26. The fourth-order valence-electron chi connectivity index (χ4n) is 6.09. The van der Waals surface area contributed by atoms with Gasteiger partial charge in [-0.15, -0.1) is 0 Å². The van der Waals surface area contributed by atoms with Gasteiger partial charge >= 0.3 is 0 Å². The summed E-state index contributed by atoms with van der Waals surface area (Å²) in [6.07, 6.45) is 20.8. The molecule has 1 atom stereocenters. The number of rotatable bonds is 5. The maximum Gasteiger partial charge on any atom is 0.0281 e. The largest absolute Gasteiger partial charge is 0.0726 e. The van der Waals surface area contributed by atoms with Gasteiger partial charge in [0.1, 0.15) is 0 Å². The van der Waals surface area contributed by atoms with Crippen LogP contribution in [0, 0.1) is 19.8 Å². The number of benzene rings is 2. The normalized spacial score (nSPS) is 20.6. The highest BCUT2D eigenvalue weighted by Crippen LogP contribution is 2.42. The van der Waals surface area contributed by atoms with Gasteiger partial charge in [-0.3, -0.25) is 0 Å². The van der Waals surface area contributed by atoms with Gasteiger partial charge in [0.05, 0.1) is 0 Å². The summed E-state index contributed by atoms with van der Waals surface area (Å²) in [6.45, 7) is 6.80. The molecular weight excluding hydrogens is 384 g/mol. The zero-order chi connectivity index (χ0) is 22.1. The van der Waals surface area contributed by atoms with Crippen LogP contribution < -0.4 is 0 Å². The van der Waals surface area contributed by atoms with Crippen LogP contribution in [-0.2, 0) is 12.8 Å². The minimum absolute atomic E-state index is 0.393. The van der Waals surface area contributed by atoms with E-state index >= 15 is 0 Å². The first-order chi connectivity index (χ1) is 15.6. The first kappa shape index (κ1) is 21.3. The second-order valence-corrected chi connectivity index (χ2v) is 10.00. The Morgan fingerprint density at radius 3 is 2.41 bits per heavy atom. The van der Waals surface area contributed by atoms with Gasteiger partial charge in [0.2, 0.25) is 0 Å². The predicted molar refractivity (Wildman–Crippen MR) is 138 cm³/mol. The minimum atomic E-state index is 0.393. The van der Waals surface area contributed by atoms with Gasteiger partial charge in [0, 0.05) is 5.92 Å². The average Bonchev–Trinajstić information content (AvgIpc) is 3.30. The van der Waals surface area contributed by atoms with Crippen molar-refractivity contribution in [3.05, 3.63) is 111 Å². The van der Waals surface area contributed by atoms with E-state index in [0.717, 1.165) is 18.8 Å². The van der Waals surface area contributed by atoms with Crippen molar-refractivity contribution in [1.82, 2.24) is 0 Å². The van der Waals surface area contributed by atoms with E-state index in [1.807, 2.05) is 0 Å². The van der Waals surface area contributed by atoms with Gasteiger partial charge in [-0.1, -0.05) is 93.0 Å². The van der Waals surface area contributed by atoms with Crippen LogP contribution in [0.5, 0.6) is 0 Å². The van der Waals surface area contributed by atoms with Crippen LogP contribution in [0.2, 0.25) is 0 Å². The molecule has 0 aliphatic heterocycles. The highest BCUT2D eigenvalue weighted by molar-refractivity contribution is 5.79. The quantitative estimate of drug-likeness (QED) is 0.454. The molecule has 164 valence electrons. The van der Waals surface area contributed by atoms with Crippen LogP contribution in [0.3, 0.4) is 0 Å². The summed E-state index contributed by atoms with van der Waals surface area (Å²) in [7, 11) is 0. The van der Waals surface area contributed by atoms with Crippen molar-refractivity contribution >= 4 is 5.57 Å². The Morgan fingerprint density at radius 2 is 1.66 bits per heavy atom. The average molecular weight is 421 g/mol. The van der Waals surface area contributed by atoms with Crippen molar-refractivity contribution in [1.29, 1.82) is 0 Å². The second-order valence-electron chi connectivity index (χ2n) is 10.00. The number of aryl methyl sites for hydroxylation is 3. The van der Waals surface area contributed by atoms with E-state index in [-0.39, 0.29) is 0 Å². The van der Waals surface area contributed by atoms with Crippen LogP contribution >= 0.6 is 0 Å². The van der Waals surface area contributed by atoms with Crippen LogP contribution in [0.25, 0.3) is 5.57 Å². The number of hydrogen-bond donors (Lipinski definition) is 0. The summed E-state index contributed by atoms with van der Waals surface area (Å²) in [5.74, 6) is 1.18. The molecule has 0 spiro atoms. The lowest BCUT2D eigenvalue weighted by Crippen LogP contribution is -2.10. The van der Waals surface area contributed by atoms with E-state index in [1.54, 1.807) is 5.56 Å². The number of fused-ring (bicyclic) bond motifs is 1. The monoisotopic (exact) mass is 420 g/mol. The topological polar surface area (TPSA) is 0 Å². The summed E-state index contributed by atoms with van der Waals surface area (Å²) in [6, 6.07) is 14.3. The molecule has 32 heavy (non-hydrogen) atoms. The van der Waals surface area contributed by atoms with Crippen molar-refractivity contribution in [2.24, 2.45) is 5.92 Å². The summed E-state index contributed by atoms with van der Waals surface area (Å²) in [5.41, 5.74) is 13.1. The molecule has 0 N–H and O–H groups in total. The maximum atomic E-state index is 2.45. The van der Waals surface area contributed by atoms with Crippen molar-refractivity contribution in [3.63, 3.8) is 0 Å². The summed E-state index contributed by atoms with van der Waals surface area (Å²) in [4.78, 5) is 0. The third kappa shape index (κ3) is 4.08. The molecule has 3 aliphatic rings. The minimum Gasteiger partial charge on any atom is -0.0726 e. The Balaban J connectivity index is 1.40. The molecule has 2 aromatic carbocycles. The number of hydrogen-bond acceptors (Lipinski definition) is 0. The molecule has 0 amide bonds. The molecule has 0 heterocycles. The summed E-state index contributed by atoms with van der Waals surface area (Å²) >= 11 is 0. The number of allylic oxidation sites excluding steroid dienone is 8. The SMILES string of the molecule is CCc1ccc(C2=CC=C(Cc3ccc(C4CCCCC4)c(C)c3)C3=CC=CC32)cc1C. The van der Waals surface area contributed by atoms with E-state index in [4.69, 9.17) is 0 Å². The van der Waals surface area contributed by atoms with Crippen LogP contribution in [-0.4, -0.2) is 0 Å². The van der Waals surface area contributed by atoms with Gasteiger partial charge in [-0.2, -0.15) is 0 Å². The van der Waals surface area contributed by atoms with Gasteiger partial charge in [-0.05, 0) is 95.5 Å². The molecule has 0 nitrogen and oxygen atoms in total. The summed E-state index contributed by atoms with van der Waals surface area (Å²) < 4.78 is 0. The fourth-order valence-corrected chi connectivity index (χ4v) is 6.09. The van der Waals surface area contributed by atoms with E-state index in [0.29, 0.717) is 5.92 Å². The van der Waals surface area contributed by atoms with Crippen molar-refractivity contribution in [3.8, 4) is 0 Å². The van der Waals surface area contributed by atoms with Gasteiger partial charge in [0.15, 0.2) is 0 Å². The Morgan fingerprint density at radius 1 is 0.812 bits per heavy atom. The molecule has 0 bridgehead atoms. The van der Waals surface area contributed by atoms with E-state index < -0.39 is 0 Å². The molecule has 0 radical (unpaired) electrons. The van der Waals surface area contributed by atoms with E-state index in [2.05, 4.69) is 87.5 Å². The third-order valence-electron chi connectivity index (χ3n) is 7.91. The molecule has 0 aromatic heterocycles. The molecule has 5 rings (SSSR count). The van der Waals surface area contributed by atoms with Crippen molar-refractivity contribution < 1.29 is 0 Å². The highest BCUT2D eigenvalue weighted by Gasteiger charge is 2.26. The summed E-state index contributed by atoms with van der Waals surface area (Å²) in [5, 5.41) is 0. The van der Waals surface area contributed by atoms with E-state index in [1.165, 1.54) is 76.6 Å². The van der Waals surface area contributed by atoms with Crippen molar-refractivity contribution in [2.45, 2.75) is 71.6 Å². The smallest absolute Gasteiger partial charge is 0.0281 e. The zero-order valence-corrected chi connectivity index (χ0v) is 20.0. The fraction of sp³-hybridized carbons (Fsp3) is 0.375. The molecule has 2 aromatic rings. The Kier molecular flexibility index (Phi) is 6.05. The lowest BCUT2D eigenvalue weighted by molar-refractivity contribution is 0.442.